The fraction of sp³-hybridized carbons (Fsp3) is 0.400. The Hall–Kier alpha value is -2.77. The number of amides is 2. The third kappa shape index (κ3) is 5.17. The van der Waals surface area contributed by atoms with Gasteiger partial charge >= 0.3 is 11.8 Å². The van der Waals surface area contributed by atoms with Crippen molar-refractivity contribution in [3.8, 4) is 0 Å². The molecule has 124 valence electrons. The van der Waals surface area contributed by atoms with Crippen LogP contribution in [-0.2, 0) is 9.53 Å². The van der Waals surface area contributed by atoms with Gasteiger partial charge in [-0.2, -0.15) is 0 Å². The lowest BCUT2D eigenvalue weighted by Gasteiger charge is -2.19. The number of anilines is 1. The number of nitrogens with one attached hydrogen (secondary N) is 3. The Morgan fingerprint density at radius 2 is 2.04 bits per heavy atom. The van der Waals surface area contributed by atoms with E-state index in [4.69, 9.17) is 9.15 Å². The number of rotatable bonds is 4. The molecular weight excluding hydrogens is 302 g/mol. The normalized spacial score (nSPS) is 11.3. The van der Waals surface area contributed by atoms with Crippen LogP contribution in [-0.4, -0.2) is 29.1 Å². The third-order valence-corrected chi connectivity index (χ3v) is 2.72. The van der Waals surface area contributed by atoms with Crippen LogP contribution in [0.2, 0.25) is 0 Å². The molecule has 2 rings (SSSR count). The average Bonchev–Trinajstić information content (AvgIpc) is 2.75. The molecule has 0 saturated carbocycles. The molecule has 8 heteroatoms. The lowest BCUT2D eigenvalue weighted by atomic mass is 10.2. The number of hydrogen-bond donors (Lipinski definition) is 3. The zero-order valence-corrected chi connectivity index (χ0v) is 13.2. The smallest absolute Gasteiger partial charge is 0.417 e. The molecule has 0 atom stereocenters. The average molecular weight is 321 g/mol. The standard InChI is InChI=1S/C15H19N3O5/c1-15(2,3)23-13(20)16-7-6-12(19)17-9-4-5-11-10(8-9)18-14(21)22-11/h4-5,8H,6-7H2,1-3H3,(H,16,20)(H,17,19)(H,18,21). The van der Waals surface area contributed by atoms with Crippen molar-refractivity contribution in [2.75, 3.05) is 11.9 Å². The maximum atomic E-state index is 11.8. The highest BCUT2D eigenvalue weighted by atomic mass is 16.6. The van der Waals surface area contributed by atoms with Crippen LogP contribution < -0.4 is 16.4 Å². The van der Waals surface area contributed by atoms with E-state index in [-0.39, 0.29) is 18.9 Å². The number of carbonyl (C=O) groups excluding carboxylic acids is 2. The first-order chi connectivity index (χ1) is 10.7. The first kappa shape index (κ1) is 16.6. The number of aromatic amines is 1. The van der Waals surface area contributed by atoms with Crippen molar-refractivity contribution in [1.29, 1.82) is 0 Å². The monoisotopic (exact) mass is 321 g/mol. The van der Waals surface area contributed by atoms with Crippen LogP contribution in [0.15, 0.2) is 27.4 Å². The Morgan fingerprint density at radius 1 is 1.30 bits per heavy atom. The third-order valence-electron chi connectivity index (χ3n) is 2.72. The SMILES string of the molecule is CC(C)(C)OC(=O)NCCC(=O)Nc1ccc2oc(=O)[nH]c2c1. The van der Waals surface area contributed by atoms with Gasteiger partial charge < -0.3 is 19.8 Å². The fourth-order valence-electron chi connectivity index (χ4n) is 1.85. The summed E-state index contributed by atoms with van der Waals surface area (Å²) in [6.07, 6.45) is -0.471. The summed E-state index contributed by atoms with van der Waals surface area (Å²) in [4.78, 5) is 36.8. The van der Waals surface area contributed by atoms with Crippen LogP contribution in [0.25, 0.3) is 11.1 Å². The van der Waals surface area contributed by atoms with Gasteiger partial charge in [0.1, 0.15) is 5.60 Å². The Labute approximate surface area is 132 Å². The minimum absolute atomic E-state index is 0.0964. The van der Waals surface area contributed by atoms with Gasteiger partial charge in [-0.3, -0.25) is 9.78 Å². The van der Waals surface area contributed by atoms with Gasteiger partial charge in [0.2, 0.25) is 5.91 Å². The molecule has 0 spiro atoms. The number of benzene rings is 1. The summed E-state index contributed by atoms with van der Waals surface area (Å²) in [5.41, 5.74) is 0.861. The summed E-state index contributed by atoms with van der Waals surface area (Å²) >= 11 is 0. The van der Waals surface area contributed by atoms with E-state index in [1.54, 1.807) is 39.0 Å². The van der Waals surface area contributed by atoms with Gasteiger partial charge in [-0.15, -0.1) is 0 Å². The van der Waals surface area contributed by atoms with E-state index in [2.05, 4.69) is 15.6 Å². The molecule has 2 amide bonds. The molecule has 0 fully saturated rings. The quantitative estimate of drug-likeness (QED) is 0.796. The van der Waals surface area contributed by atoms with Gasteiger partial charge in [-0.25, -0.2) is 9.59 Å². The van der Waals surface area contributed by atoms with Gasteiger partial charge in [-0.05, 0) is 39.0 Å². The Morgan fingerprint density at radius 3 is 2.74 bits per heavy atom. The fourth-order valence-corrected chi connectivity index (χ4v) is 1.85. The maximum absolute atomic E-state index is 11.8. The molecule has 0 aliphatic heterocycles. The zero-order valence-electron chi connectivity index (χ0n) is 13.2. The minimum atomic E-state index is -0.580. The summed E-state index contributed by atoms with van der Waals surface area (Å²) in [7, 11) is 0. The lowest BCUT2D eigenvalue weighted by molar-refractivity contribution is -0.116. The van der Waals surface area contributed by atoms with Crippen LogP contribution in [0.4, 0.5) is 10.5 Å². The van der Waals surface area contributed by atoms with E-state index < -0.39 is 17.5 Å². The highest BCUT2D eigenvalue weighted by molar-refractivity contribution is 5.93. The number of ether oxygens (including phenoxy) is 1. The molecule has 0 radical (unpaired) electrons. The molecule has 1 aromatic carbocycles. The first-order valence-electron chi connectivity index (χ1n) is 7.12. The first-order valence-corrected chi connectivity index (χ1v) is 7.12. The molecule has 0 unspecified atom stereocenters. The zero-order chi connectivity index (χ0) is 17.0. The molecule has 0 aliphatic carbocycles. The topological polar surface area (TPSA) is 113 Å². The lowest BCUT2D eigenvalue weighted by Crippen LogP contribution is -2.34. The van der Waals surface area contributed by atoms with Crippen molar-refractivity contribution in [3.05, 3.63) is 28.7 Å². The number of oxazole rings is 1. The molecule has 0 bridgehead atoms. The predicted octanol–water partition coefficient (Wildman–Crippen LogP) is 1.97. The van der Waals surface area contributed by atoms with Gasteiger partial charge in [-0.1, -0.05) is 0 Å². The molecular formula is C15H19N3O5. The minimum Gasteiger partial charge on any atom is -0.444 e. The summed E-state index contributed by atoms with van der Waals surface area (Å²) in [5, 5.41) is 5.17. The van der Waals surface area contributed by atoms with Crippen LogP contribution in [0.1, 0.15) is 27.2 Å². The van der Waals surface area contributed by atoms with E-state index in [0.717, 1.165) is 0 Å². The second-order valence-electron chi connectivity index (χ2n) is 5.95. The van der Waals surface area contributed by atoms with Crippen molar-refractivity contribution in [3.63, 3.8) is 0 Å². The maximum Gasteiger partial charge on any atom is 0.417 e. The number of aromatic nitrogens is 1. The number of hydrogen-bond acceptors (Lipinski definition) is 5. The van der Waals surface area contributed by atoms with E-state index in [1.165, 1.54) is 0 Å². The van der Waals surface area contributed by atoms with Crippen LogP contribution in [0.5, 0.6) is 0 Å². The Balaban J connectivity index is 1.82. The van der Waals surface area contributed by atoms with E-state index in [1.807, 2.05) is 0 Å². The number of fused-ring (bicyclic) bond motifs is 1. The molecule has 0 aliphatic rings. The van der Waals surface area contributed by atoms with Crippen molar-refractivity contribution in [2.45, 2.75) is 32.8 Å². The number of H-pyrrole nitrogens is 1. The molecule has 0 saturated heterocycles. The van der Waals surface area contributed by atoms with Crippen molar-refractivity contribution in [1.82, 2.24) is 10.3 Å². The molecule has 3 N–H and O–H groups in total. The van der Waals surface area contributed by atoms with Gasteiger partial charge in [0.05, 0.1) is 5.52 Å². The predicted molar refractivity (Wildman–Crippen MR) is 84.3 cm³/mol. The summed E-state index contributed by atoms with van der Waals surface area (Å²) in [6.45, 7) is 5.44. The second-order valence-corrected chi connectivity index (χ2v) is 5.95. The summed E-state index contributed by atoms with van der Waals surface area (Å²) in [5.74, 6) is -0.823. The summed E-state index contributed by atoms with van der Waals surface area (Å²) in [6, 6.07) is 4.81. The van der Waals surface area contributed by atoms with Crippen molar-refractivity contribution in [2.24, 2.45) is 0 Å². The van der Waals surface area contributed by atoms with E-state index in [9.17, 15) is 14.4 Å². The Bertz CT molecular complexity index is 769. The second kappa shape index (κ2) is 6.55. The van der Waals surface area contributed by atoms with Gasteiger partial charge in [0, 0.05) is 18.7 Å². The van der Waals surface area contributed by atoms with E-state index in [0.29, 0.717) is 16.8 Å². The molecule has 1 heterocycles. The van der Waals surface area contributed by atoms with Crippen molar-refractivity contribution < 1.29 is 18.7 Å². The Kier molecular flexibility index (Phi) is 4.73. The van der Waals surface area contributed by atoms with Crippen LogP contribution in [0, 0.1) is 0 Å². The highest BCUT2D eigenvalue weighted by Crippen LogP contribution is 2.16. The van der Waals surface area contributed by atoms with E-state index >= 15 is 0 Å². The van der Waals surface area contributed by atoms with Crippen LogP contribution in [0.3, 0.4) is 0 Å². The highest BCUT2D eigenvalue weighted by Gasteiger charge is 2.15. The summed E-state index contributed by atoms with van der Waals surface area (Å²) < 4.78 is 9.94. The molecule has 8 nitrogen and oxygen atoms in total. The largest absolute Gasteiger partial charge is 0.444 e. The van der Waals surface area contributed by atoms with Crippen LogP contribution >= 0.6 is 0 Å². The van der Waals surface area contributed by atoms with Gasteiger partial charge in [0.25, 0.3) is 0 Å². The number of alkyl carbamates (subject to hydrolysis) is 1. The number of carbonyl (C=O) groups is 2. The molecule has 1 aromatic heterocycles. The molecule has 23 heavy (non-hydrogen) atoms. The molecule has 2 aromatic rings. The van der Waals surface area contributed by atoms with Crippen molar-refractivity contribution >= 4 is 28.8 Å². The van der Waals surface area contributed by atoms with Gasteiger partial charge in [0.15, 0.2) is 5.58 Å².